The summed E-state index contributed by atoms with van der Waals surface area (Å²) in [4.78, 5) is 0. The quantitative estimate of drug-likeness (QED) is 0.376. The highest BCUT2D eigenvalue weighted by Gasteiger charge is 2.30. The van der Waals surface area contributed by atoms with Crippen LogP contribution >= 0.6 is 15.9 Å². The summed E-state index contributed by atoms with van der Waals surface area (Å²) in [7, 11) is 0. The van der Waals surface area contributed by atoms with Crippen LogP contribution in [0.2, 0.25) is 0 Å². The monoisotopic (exact) mass is 328 g/mol. The van der Waals surface area contributed by atoms with Crippen molar-refractivity contribution in [3.8, 4) is 0 Å². The molecule has 0 heterocycles. The maximum atomic E-state index is 6.17. The molecule has 2 atom stereocenters. The van der Waals surface area contributed by atoms with Gasteiger partial charge in [-0.25, -0.2) is 0 Å². The maximum absolute atomic E-state index is 6.17. The van der Waals surface area contributed by atoms with Crippen molar-refractivity contribution in [2.75, 3.05) is 18.5 Å². The second kappa shape index (κ2) is 7.83. The number of hydrogen-bond donors (Lipinski definition) is 0. The molecule has 19 heavy (non-hydrogen) atoms. The lowest BCUT2D eigenvalue weighted by Crippen LogP contribution is -2.30. The van der Waals surface area contributed by atoms with Crippen molar-refractivity contribution in [2.24, 2.45) is 17.3 Å². The van der Waals surface area contributed by atoms with Gasteiger partial charge in [0.05, 0.1) is 6.61 Å². The average molecular weight is 329 g/mol. The Hall–Kier alpha value is 0.180. The first-order valence-corrected chi connectivity index (χ1v) is 9.17. The van der Waals surface area contributed by atoms with Crippen molar-refractivity contribution in [1.29, 1.82) is 0 Å². The molecule has 0 aromatic heterocycles. The van der Waals surface area contributed by atoms with Crippen LogP contribution < -0.4 is 0 Å². The third kappa shape index (κ3) is 4.60. The molecule has 110 valence electrons. The van der Waals surface area contributed by atoms with Gasteiger partial charge in [-0.15, -0.1) is 0 Å². The van der Waals surface area contributed by atoms with Gasteiger partial charge in [0, 0.05) is 17.4 Å². The SMILES string of the molecule is CC1CC=CCC1COCC1(CBr)CCCCCC1. The minimum atomic E-state index is 0.421. The summed E-state index contributed by atoms with van der Waals surface area (Å²) in [6.45, 7) is 4.29. The third-order valence-corrected chi connectivity index (χ3v) is 6.30. The lowest BCUT2D eigenvalue weighted by Gasteiger charge is -2.32. The molecule has 0 aliphatic heterocycles. The Morgan fingerprint density at radius 3 is 2.42 bits per heavy atom. The molecule has 2 unspecified atom stereocenters. The molecule has 0 bridgehead atoms. The van der Waals surface area contributed by atoms with E-state index < -0.39 is 0 Å². The molecule has 2 aliphatic rings. The number of allylic oxidation sites excluding steroid dienone is 2. The molecule has 0 spiro atoms. The molecule has 0 aromatic rings. The van der Waals surface area contributed by atoms with E-state index in [1.54, 1.807) is 0 Å². The molecule has 2 heteroatoms. The number of alkyl halides is 1. The molecule has 2 aliphatic carbocycles. The number of rotatable bonds is 5. The van der Waals surface area contributed by atoms with E-state index in [9.17, 15) is 0 Å². The minimum Gasteiger partial charge on any atom is -0.381 e. The molecular formula is C17H29BrO. The Bertz CT molecular complexity index is 279. The van der Waals surface area contributed by atoms with E-state index in [2.05, 4.69) is 35.0 Å². The van der Waals surface area contributed by atoms with Crippen molar-refractivity contribution < 1.29 is 4.74 Å². The molecule has 2 rings (SSSR count). The predicted molar refractivity (Wildman–Crippen MR) is 85.8 cm³/mol. The van der Waals surface area contributed by atoms with Crippen LogP contribution in [0, 0.1) is 17.3 Å². The fraction of sp³-hybridized carbons (Fsp3) is 0.882. The topological polar surface area (TPSA) is 9.23 Å². The van der Waals surface area contributed by atoms with E-state index >= 15 is 0 Å². The van der Waals surface area contributed by atoms with Gasteiger partial charge in [-0.1, -0.05) is 60.7 Å². The summed E-state index contributed by atoms with van der Waals surface area (Å²) in [6, 6.07) is 0. The molecule has 0 aromatic carbocycles. The number of ether oxygens (including phenoxy) is 1. The zero-order valence-corrected chi connectivity index (χ0v) is 14.0. The van der Waals surface area contributed by atoms with Gasteiger partial charge >= 0.3 is 0 Å². The number of halogens is 1. The van der Waals surface area contributed by atoms with Crippen molar-refractivity contribution in [3.63, 3.8) is 0 Å². The molecule has 0 amide bonds. The minimum absolute atomic E-state index is 0.421. The molecule has 0 radical (unpaired) electrons. The van der Waals surface area contributed by atoms with E-state index in [-0.39, 0.29) is 0 Å². The zero-order valence-electron chi connectivity index (χ0n) is 12.4. The Kier molecular flexibility index (Phi) is 6.41. The van der Waals surface area contributed by atoms with Crippen molar-refractivity contribution >= 4 is 15.9 Å². The lowest BCUT2D eigenvalue weighted by atomic mass is 9.83. The first-order chi connectivity index (χ1) is 9.26. The molecule has 1 nitrogen and oxygen atoms in total. The van der Waals surface area contributed by atoms with Gasteiger partial charge in [0.1, 0.15) is 0 Å². The van der Waals surface area contributed by atoms with Gasteiger partial charge in [-0.2, -0.15) is 0 Å². The van der Waals surface area contributed by atoms with Crippen LogP contribution in [0.25, 0.3) is 0 Å². The van der Waals surface area contributed by atoms with Crippen LogP contribution in [0.4, 0.5) is 0 Å². The second-order valence-corrected chi connectivity index (χ2v) is 7.30. The fourth-order valence-corrected chi connectivity index (χ4v) is 4.18. The lowest BCUT2D eigenvalue weighted by molar-refractivity contribution is 0.0175. The highest BCUT2D eigenvalue weighted by atomic mass is 79.9. The van der Waals surface area contributed by atoms with Crippen molar-refractivity contribution in [1.82, 2.24) is 0 Å². The normalized spacial score (nSPS) is 31.1. The van der Waals surface area contributed by atoms with Gasteiger partial charge in [0.2, 0.25) is 0 Å². The summed E-state index contributed by atoms with van der Waals surface area (Å²) in [5.41, 5.74) is 0.421. The van der Waals surface area contributed by atoms with Crippen LogP contribution in [-0.4, -0.2) is 18.5 Å². The summed E-state index contributed by atoms with van der Waals surface area (Å²) in [6.07, 6.45) is 15.4. The predicted octanol–water partition coefficient (Wildman–Crippen LogP) is 5.34. The maximum Gasteiger partial charge on any atom is 0.0530 e. The van der Waals surface area contributed by atoms with Gasteiger partial charge in [-0.3, -0.25) is 0 Å². The molecular weight excluding hydrogens is 300 g/mol. The van der Waals surface area contributed by atoms with Crippen LogP contribution in [0.1, 0.15) is 58.3 Å². The smallest absolute Gasteiger partial charge is 0.0530 e. The Labute approximate surface area is 127 Å². The van der Waals surface area contributed by atoms with Gasteiger partial charge in [0.15, 0.2) is 0 Å². The van der Waals surface area contributed by atoms with E-state index in [4.69, 9.17) is 4.74 Å². The Morgan fingerprint density at radius 2 is 1.79 bits per heavy atom. The molecule has 1 saturated carbocycles. The standard InChI is InChI=1S/C17H29BrO/c1-15-8-4-5-9-16(15)12-19-14-17(13-18)10-6-2-3-7-11-17/h4-5,15-16H,2-3,6-14H2,1H3. The molecule has 0 N–H and O–H groups in total. The Balaban J connectivity index is 1.77. The second-order valence-electron chi connectivity index (χ2n) is 6.74. The van der Waals surface area contributed by atoms with Crippen LogP contribution in [0.3, 0.4) is 0 Å². The van der Waals surface area contributed by atoms with Crippen LogP contribution in [0.15, 0.2) is 12.2 Å². The van der Waals surface area contributed by atoms with Crippen LogP contribution in [-0.2, 0) is 4.74 Å². The van der Waals surface area contributed by atoms with E-state index in [0.717, 1.165) is 30.4 Å². The van der Waals surface area contributed by atoms with Crippen molar-refractivity contribution in [3.05, 3.63) is 12.2 Å². The largest absolute Gasteiger partial charge is 0.381 e. The summed E-state index contributed by atoms with van der Waals surface area (Å²) in [5, 5.41) is 1.11. The summed E-state index contributed by atoms with van der Waals surface area (Å²) in [5.74, 6) is 1.53. The third-order valence-electron chi connectivity index (χ3n) is 5.11. The fourth-order valence-electron chi connectivity index (χ4n) is 3.46. The van der Waals surface area contributed by atoms with E-state index in [1.165, 1.54) is 51.4 Å². The van der Waals surface area contributed by atoms with Gasteiger partial charge < -0.3 is 4.74 Å². The zero-order chi connectivity index (χ0) is 13.6. The Morgan fingerprint density at radius 1 is 1.11 bits per heavy atom. The van der Waals surface area contributed by atoms with Gasteiger partial charge in [0.25, 0.3) is 0 Å². The van der Waals surface area contributed by atoms with Crippen molar-refractivity contribution in [2.45, 2.75) is 58.3 Å². The first-order valence-electron chi connectivity index (χ1n) is 8.04. The number of hydrogen-bond acceptors (Lipinski definition) is 1. The molecule has 1 fully saturated rings. The van der Waals surface area contributed by atoms with Gasteiger partial charge in [-0.05, 0) is 37.5 Å². The molecule has 0 saturated heterocycles. The summed E-state index contributed by atoms with van der Waals surface area (Å²) >= 11 is 3.75. The van der Waals surface area contributed by atoms with E-state index in [0.29, 0.717) is 5.41 Å². The summed E-state index contributed by atoms with van der Waals surface area (Å²) < 4.78 is 6.17. The highest BCUT2D eigenvalue weighted by molar-refractivity contribution is 9.09. The van der Waals surface area contributed by atoms with Crippen LogP contribution in [0.5, 0.6) is 0 Å². The van der Waals surface area contributed by atoms with E-state index in [1.807, 2.05) is 0 Å². The average Bonchev–Trinajstić information content (AvgIpc) is 2.67. The first kappa shape index (κ1) is 15.6. The highest BCUT2D eigenvalue weighted by Crippen LogP contribution is 2.37.